The molecule has 0 aliphatic carbocycles. The Hall–Kier alpha value is -0.0300. The number of hydrogen-bond donors (Lipinski definition) is 1. The molecule has 17 heavy (non-hydrogen) atoms. The molecule has 0 spiro atoms. The first kappa shape index (κ1) is 13.4. The molecule has 1 aliphatic rings. The van der Waals surface area contributed by atoms with Gasteiger partial charge >= 0.3 is 0 Å². The average molecular weight is 316 g/mol. The summed E-state index contributed by atoms with van der Waals surface area (Å²) in [5, 5.41) is 0. The third kappa shape index (κ3) is 3.71. The van der Waals surface area contributed by atoms with Gasteiger partial charge in [-0.1, -0.05) is 22.0 Å². The molecule has 1 aromatic rings. The van der Waals surface area contributed by atoms with Gasteiger partial charge in [-0.3, -0.25) is 0 Å². The van der Waals surface area contributed by atoms with E-state index < -0.39 is 0 Å². The van der Waals surface area contributed by atoms with Gasteiger partial charge in [-0.15, -0.1) is 11.8 Å². The van der Waals surface area contributed by atoms with Crippen molar-refractivity contribution in [1.82, 2.24) is 0 Å². The Balaban J connectivity index is 2.04. The van der Waals surface area contributed by atoms with Gasteiger partial charge in [-0.2, -0.15) is 0 Å². The van der Waals surface area contributed by atoms with Crippen molar-refractivity contribution in [2.24, 2.45) is 5.73 Å². The van der Waals surface area contributed by atoms with E-state index in [2.05, 4.69) is 34.1 Å². The van der Waals surface area contributed by atoms with Crippen LogP contribution in [0.3, 0.4) is 0 Å². The van der Waals surface area contributed by atoms with Crippen LogP contribution in [0, 0.1) is 0 Å². The molecule has 1 heterocycles. The van der Waals surface area contributed by atoms with Gasteiger partial charge in [-0.25, -0.2) is 0 Å². The number of rotatable bonds is 4. The van der Waals surface area contributed by atoms with Gasteiger partial charge in [0.1, 0.15) is 0 Å². The maximum atomic E-state index is 5.99. The molecule has 2 atom stereocenters. The number of nitrogens with two attached hydrogens (primary N) is 1. The minimum Gasteiger partial charge on any atom is -0.377 e. The van der Waals surface area contributed by atoms with Crippen molar-refractivity contribution in [3.63, 3.8) is 0 Å². The maximum absolute atomic E-state index is 5.99. The molecular formula is C13H18BrNOS. The highest BCUT2D eigenvalue weighted by Gasteiger charge is 2.17. The van der Waals surface area contributed by atoms with Crippen LogP contribution in [0.15, 0.2) is 27.6 Å². The predicted molar refractivity (Wildman–Crippen MR) is 76.4 cm³/mol. The van der Waals surface area contributed by atoms with Crippen LogP contribution < -0.4 is 5.73 Å². The summed E-state index contributed by atoms with van der Waals surface area (Å²) in [7, 11) is 0. The lowest BCUT2D eigenvalue weighted by atomic mass is 10.1. The van der Waals surface area contributed by atoms with Gasteiger partial charge in [0.15, 0.2) is 0 Å². The number of benzene rings is 1. The molecule has 4 heteroatoms. The highest BCUT2D eigenvalue weighted by Crippen LogP contribution is 2.31. The van der Waals surface area contributed by atoms with Gasteiger partial charge < -0.3 is 10.5 Å². The zero-order chi connectivity index (χ0) is 12.3. The quantitative estimate of drug-likeness (QED) is 0.860. The van der Waals surface area contributed by atoms with Crippen LogP contribution in [0.2, 0.25) is 0 Å². The second kappa shape index (κ2) is 6.23. The van der Waals surface area contributed by atoms with E-state index in [0.29, 0.717) is 6.10 Å². The lowest BCUT2D eigenvalue weighted by Gasteiger charge is -2.14. The molecule has 0 radical (unpaired) electrons. The first-order valence-corrected chi connectivity index (χ1v) is 7.74. The van der Waals surface area contributed by atoms with E-state index in [0.717, 1.165) is 16.8 Å². The van der Waals surface area contributed by atoms with Crippen LogP contribution in [0.5, 0.6) is 0 Å². The lowest BCUT2D eigenvalue weighted by Crippen LogP contribution is -2.10. The van der Waals surface area contributed by atoms with Crippen molar-refractivity contribution in [3.05, 3.63) is 28.2 Å². The summed E-state index contributed by atoms with van der Waals surface area (Å²) < 4.78 is 6.75. The van der Waals surface area contributed by atoms with Gasteiger partial charge in [0.2, 0.25) is 0 Å². The fourth-order valence-corrected chi connectivity index (χ4v) is 3.74. The summed E-state index contributed by atoms with van der Waals surface area (Å²) in [6.07, 6.45) is 2.80. The molecule has 0 saturated carbocycles. The molecule has 2 unspecified atom stereocenters. The maximum Gasteiger partial charge on any atom is 0.0669 e. The minimum atomic E-state index is 0.0788. The van der Waals surface area contributed by atoms with Crippen LogP contribution in [0.25, 0.3) is 0 Å². The molecule has 1 aliphatic heterocycles. The molecule has 2 rings (SSSR count). The van der Waals surface area contributed by atoms with E-state index >= 15 is 0 Å². The summed E-state index contributed by atoms with van der Waals surface area (Å²) in [6.45, 7) is 2.95. The summed E-state index contributed by atoms with van der Waals surface area (Å²) in [5.41, 5.74) is 7.21. The second-order valence-electron chi connectivity index (χ2n) is 4.42. The lowest BCUT2D eigenvalue weighted by molar-refractivity contribution is 0.129. The zero-order valence-electron chi connectivity index (χ0n) is 9.99. The molecule has 2 N–H and O–H groups in total. The summed E-state index contributed by atoms with van der Waals surface area (Å²) in [5.74, 6) is 1.02. The Labute approximate surface area is 115 Å². The van der Waals surface area contributed by atoms with Gasteiger partial charge in [0, 0.05) is 27.8 Å². The van der Waals surface area contributed by atoms with E-state index in [4.69, 9.17) is 10.5 Å². The zero-order valence-corrected chi connectivity index (χ0v) is 12.4. The van der Waals surface area contributed by atoms with Crippen LogP contribution in [-0.4, -0.2) is 18.5 Å². The van der Waals surface area contributed by atoms with Crippen LogP contribution in [0.4, 0.5) is 0 Å². The highest BCUT2D eigenvalue weighted by atomic mass is 79.9. The van der Waals surface area contributed by atoms with Crippen molar-refractivity contribution in [2.75, 3.05) is 12.4 Å². The Kier molecular flexibility index (Phi) is 4.91. The second-order valence-corrected chi connectivity index (χ2v) is 6.39. The third-order valence-electron chi connectivity index (χ3n) is 2.91. The van der Waals surface area contributed by atoms with Crippen LogP contribution in [0.1, 0.15) is 31.4 Å². The van der Waals surface area contributed by atoms with E-state index in [1.54, 1.807) is 0 Å². The van der Waals surface area contributed by atoms with Crippen LogP contribution in [-0.2, 0) is 4.74 Å². The highest BCUT2D eigenvalue weighted by molar-refractivity contribution is 9.10. The van der Waals surface area contributed by atoms with E-state index in [9.17, 15) is 0 Å². The first-order chi connectivity index (χ1) is 8.16. The number of hydrogen-bond acceptors (Lipinski definition) is 3. The van der Waals surface area contributed by atoms with Crippen molar-refractivity contribution >= 4 is 27.7 Å². The number of thioether (sulfide) groups is 1. The summed E-state index contributed by atoms with van der Waals surface area (Å²) >= 11 is 5.37. The minimum absolute atomic E-state index is 0.0788. The molecule has 0 amide bonds. The SMILES string of the molecule is CC(N)c1ccc(Br)cc1SCC1CCCO1. The standard InChI is InChI=1S/C13H18BrNOS/c1-9(15)12-5-4-10(14)7-13(12)17-8-11-3-2-6-16-11/h4-5,7,9,11H,2-3,6,8,15H2,1H3. The van der Waals surface area contributed by atoms with E-state index in [1.807, 2.05) is 18.7 Å². The van der Waals surface area contributed by atoms with Crippen molar-refractivity contribution < 1.29 is 4.74 Å². The topological polar surface area (TPSA) is 35.2 Å². The molecular weight excluding hydrogens is 298 g/mol. The summed E-state index contributed by atoms with van der Waals surface area (Å²) in [6, 6.07) is 6.38. The molecule has 2 nitrogen and oxygen atoms in total. The first-order valence-electron chi connectivity index (χ1n) is 5.96. The average Bonchev–Trinajstić information content (AvgIpc) is 2.78. The van der Waals surface area contributed by atoms with Crippen molar-refractivity contribution in [3.8, 4) is 0 Å². The number of ether oxygens (including phenoxy) is 1. The molecule has 94 valence electrons. The largest absolute Gasteiger partial charge is 0.377 e. The van der Waals surface area contributed by atoms with E-state index in [1.165, 1.54) is 23.3 Å². The van der Waals surface area contributed by atoms with Gasteiger partial charge in [-0.05, 0) is 37.5 Å². The Morgan fingerprint density at radius 2 is 2.41 bits per heavy atom. The molecule has 1 aromatic carbocycles. The van der Waals surface area contributed by atoms with Gasteiger partial charge in [0.25, 0.3) is 0 Å². The normalized spacial score (nSPS) is 21.7. The fraction of sp³-hybridized carbons (Fsp3) is 0.538. The Bertz CT molecular complexity index is 378. The van der Waals surface area contributed by atoms with E-state index in [-0.39, 0.29) is 6.04 Å². The molecule has 0 bridgehead atoms. The Morgan fingerprint density at radius 1 is 1.59 bits per heavy atom. The predicted octanol–water partition coefficient (Wildman–Crippen LogP) is 3.74. The van der Waals surface area contributed by atoms with Crippen LogP contribution >= 0.6 is 27.7 Å². The van der Waals surface area contributed by atoms with Gasteiger partial charge in [0.05, 0.1) is 6.10 Å². The monoisotopic (exact) mass is 315 g/mol. The fourth-order valence-electron chi connectivity index (χ4n) is 1.97. The van der Waals surface area contributed by atoms with Crippen molar-refractivity contribution in [2.45, 2.75) is 36.8 Å². The summed E-state index contributed by atoms with van der Waals surface area (Å²) in [4.78, 5) is 1.27. The molecule has 1 saturated heterocycles. The molecule has 0 aromatic heterocycles. The third-order valence-corrected chi connectivity index (χ3v) is 4.61. The number of halogens is 1. The molecule has 1 fully saturated rings. The Morgan fingerprint density at radius 3 is 3.06 bits per heavy atom. The smallest absolute Gasteiger partial charge is 0.0669 e. The van der Waals surface area contributed by atoms with Crippen molar-refractivity contribution in [1.29, 1.82) is 0 Å².